The Balaban J connectivity index is 1.82. The molecule has 1 aromatic carbocycles. The lowest BCUT2D eigenvalue weighted by atomic mass is 10.2. The Kier molecular flexibility index (Phi) is 6.82. The third-order valence-electron chi connectivity index (χ3n) is 5.53. The van der Waals surface area contributed by atoms with Gasteiger partial charge < -0.3 is 15.0 Å². The Morgan fingerprint density at radius 3 is 2.25 bits per heavy atom. The second kappa shape index (κ2) is 9.13. The largest absolute Gasteiger partial charge is 0.495 e. The fourth-order valence-corrected chi connectivity index (χ4v) is 5.44. The minimum Gasteiger partial charge on any atom is -0.495 e. The van der Waals surface area contributed by atoms with E-state index in [4.69, 9.17) is 4.74 Å². The summed E-state index contributed by atoms with van der Waals surface area (Å²) in [6, 6.07) is 4.37. The highest BCUT2D eigenvalue weighted by molar-refractivity contribution is 7.89. The fourth-order valence-electron chi connectivity index (χ4n) is 3.90. The molecular weight excluding hydrogens is 378 g/mol. The number of nitrogens with one attached hydrogen (secondary N) is 1. The van der Waals surface area contributed by atoms with Crippen molar-refractivity contribution in [3.05, 3.63) is 18.2 Å². The first-order chi connectivity index (χ1) is 13.4. The van der Waals surface area contributed by atoms with Crippen LogP contribution in [0.5, 0.6) is 5.75 Å². The maximum Gasteiger partial charge on any atom is 0.244 e. The normalized spacial score (nSPS) is 19.9. The number of carbonyl (C=O) groups excluding carboxylic acids is 1. The molecule has 2 aliphatic rings. The monoisotopic (exact) mass is 409 g/mol. The number of methoxy groups -OCH3 is 1. The molecule has 3 rings (SSSR count). The fraction of sp³-hybridized carbons (Fsp3) is 0.650. The summed E-state index contributed by atoms with van der Waals surface area (Å²) in [7, 11) is -2.02. The third-order valence-corrected chi connectivity index (χ3v) is 7.43. The Hall–Kier alpha value is -1.80. The number of hydrogen-bond donors (Lipinski definition) is 1. The van der Waals surface area contributed by atoms with Gasteiger partial charge in [0.1, 0.15) is 11.8 Å². The minimum absolute atomic E-state index is 0.0281. The van der Waals surface area contributed by atoms with E-state index in [9.17, 15) is 13.2 Å². The van der Waals surface area contributed by atoms with E-state index in [1.165, 1.54) is 7.11 Å². The molecule has 0 saturated carbocycles. The molecule has 1 aromatic rings. The zero-order valence-corrected chi connectivity index (χ0v) is 17.6. The summed E-state index contributed by atoms with van der Waals surface area (Å²) < 4.78 is 33.2. The zero-order valence-electron chi connectivity index (χ0n) is 16.8. The first-order valence-corrected chi connectivity index (χ1v) is 11.6. The number of likely N-dealkylation sites (tertiary alicyclic amines) is 1. The molecule has 2 heterocycles. The zero-order chi connectivity index (χ0) is 20.1. The molecule has 0 radical (unpaired) electrons. The Morgan fingerprint density at radius 2 is 1.64 bits per heavy atom. The SMILES string of the molecule is COc1ccc(S(=O)(=O)N2CCCCCC2)cc1N[C@@H](C)C(=O)N1CCCC1. The van der Waals surface area contributed by atoms with Gasteiger partial charge in [-0.1, -0.05) is 12.8 Å². The van der Waals surface area contributed by atoms with E-state index in [0.29, 0.717) is 24.5 Å². The molecule has 8 heteroatoms. The van der Waals surface area contributed by atoms with Crippen LogP contribution in [0.1, 0.15) is 45.4 Å². The van der Waals surface area contributed by atoms with E-state index in [2.05, 4.69) is 5.32 Å². The van der Waals surface area contributed by atoms with E-state index in [1.807, 2.05) is 4.90 Å². The van der Waals surface area contributed by atoms with Crippen molar-refractivity contribution in [2.75, 3.05) is 38.6 Å². The molecule has 2 fully saturated rings. The van der Waals surface area contributed by atoms with Gasteiger partial charge in [-0.2, -0.15) is 4.31 Å². The molecule has 1 N–H and O–H groups in total. The van der Waals surface area contributed by atoms with Crippen molar-refractivity contribution in [2.45, 2.75) is 56.4 Å². The van der Waals surface area contributed by atoms with Crippen LogP contribution in [0, 0.1) is 0 Å². The van der Waals surface area contributed by atoms with E-state index >= 15 is 0 Å². The van der Waals surface area contributed by atoms with Crippen LogP contribution in [0.2, 0.25) is 0 Å². The van der Waals surface area contributed by atoms with Gasteiger partial charge >= 0.3 is 0 Å². The number of hydrogen-bond acceptors (Lipinski definition) is 5. The lowest BCUT2D eigenvalue weighted by Crippen LogP contribution is -2.39. The van der Waals surface area contributed by atoms with Gasteiger partial charge in [-0.25, -0.2) is 8.42 Å². The Morgan fingerprint density at radius 1 is 1.04 bits per heavy atom. The number of rotatable bonds is 6. The second-order valence-electron chi connectivity index (χ2n) is 7.58. The number of ether oxygens (including phenoxy) is 1. The van der Waals surface area contributed by atoms with E-state index in [-0.39, 0.29) is 10.8 Å². The summed E-state index contributed by atoms with van der Waals surface area (Å²) in [6.45, 7) is 4.48. The molecule has 2 saturated heterocycles. The maximum absolute atomic E-state index is 13.1. The molecular formula is C20H31N3O4S. The average molecular weight is 410 g/mol. The Labute approximate surface area is 168 Å². The van der Waals surface area contributed by atoms with E-state index in [0.717, 1.165) is 51.6 Å². The van der Waals surface area contributed by atoms with Crippen molar-refractivity contribution in [3.63, 3.8) is 0 Å². The molecule has 0 bridgehead atoms. The standard InChI is InChI=1S/C20H31N3O4S/c1-16(20(24)22-11-7-8-12-22)21-18-15-17(9-10-19(18)27-2)28(25,26)23-13-5-3-4-6-14-23/h9-10,15-16,21H,3-8,11-14H2,1-2H3/t16-/m0/s1. The van der Waals surface area contributed by atoms with Crippen LogP contribution in [-0.4, -0.2) is 62.9 Å². The molecule has 28 heavy (non-hydrogen) atoms. The average Bonchev–Trinajstić information content (AvgIpc) is 3.08. The van der Waals surface area contributed by atoms with Crippen LogP contribution in [0.4, 0.5) is 5.69 Å². The quantitative estimate of drug-likeness (QED) is 0.781. The molecule has 0 spiro atoms. The molecule has 7 nitrogen and oxygen atoms in total. The molecule has 0 aromatic heterocycles. The maximum atomic E-state index is 13.1. The Bertz CT molecular complexity index is 783. The highest BCUT2D eigenvalue weighted by Gasteiger charge is 2.27. The highest BCUT2D eigenvalue weighted by atomic mass is 32.2. The van der Waals surface area contributed by atoms with Crippen molar-refractivity contribution in [1.29, 1.82) is 0 Å². The third kappa shape index (κ3) is 4.60. The van der Waals surface area contributed by atoms with Gasteiger partial charge in [-0.05, 0) is 50.8 Å². The summed E-state index contributed by atoms with van der Waals surface area (Å²) in [5, 5.41) is 3.17. The molecule has 0 unspecified atom stereocenters. The van der Waals surface area contributed by atoms with Gasteiger partial charge in [0, 0.05) is 26.2 Å². The van der Waals surface area contributed by atoms with Crippen LogP contribution in [0.3, 0.4) is 0 Å². The molecule has 2 aliphatic heterocycles. The first kappa shape index (κ1) is 20.9. The van der Waals surface area contributed by atoms with Crippen LogP contribution in [0.15, 0.2) is 23.1 Å². The lowest BCUT2D eigenvalue weighted by molar-refractivity contribution is -0.130. The highest BCUT2D eigenvalue weighted by Crippen LogP contribution is 2.30. The van der Waals surface area contributed by atoms with E-state index in [1.54, 1.807) is 29.4 Å². The number of nitrogens with zero attached hydrogens (tertiary/aromatic N) is 2. The summed E-state index contributed by atoms with van der Waals surface area (Å²) in [6.07, 6.45) is 5.98. The van der Waals surface area contributed by atoms with Gasteiger partial charge in [0.25, 0.3) is 0 Å². The summed E-state index contributed by atoms with van der Waals surface area (Å²) in [4.78, 5) is 14.7. The van der Waals surface area contributed by atoms with Crippen molar-refractivity contribution in [3.8, 4) is 5.75 Å². The summed E-state index contributed by atoms with van der Waals surface area (Å²) in [5.41, 5.74) is 0.526. The second-order valence-corrected chi connectivity index (χ2v) is 9.52. The number of amides is 1. The first-order valence-electron chi connectivity index (χ1n) is 10.2. The molecule has 1 amide bonds. The van der Waals surface area contributed by atoms with Crippen LogP contribution < -0.4 is 10.1 Å². The number of benzene rings is 1. The van der Waals surface area contributed by atoms with E-state index < -0.39 is 16.1 Å². The van der Waals surface area contributed by atoms with Gasteiger partial charge in [0.15, 0.2) is 0 Å². The van der Waals surface area contributed by atoms with Crippen LogP contribution in [0.25, 0.3) is 0 Å². The topological polar surface area (TPSA) is 79.0 Å². The van der Waals surface area contributed by atoms with Gasteiger partial charge in [0.2, 0.25) is 15.9 Å². The van der Waals surface area contributed by atoms with Crippen LogP contribution in [-0.2, 0) is 14.8 Å². The van der Waals surface area contributed by atoms with Gasteiger partial charge in [-0.15, -0.1) is 0 Å². The van der Waals surface area contributed by atoms with Crippen molar-refractivity contribution in [2.24, 2.45) is 0 Å². The van der Waals surface area contributed by atoms with Crippen molar-refractivity contribution in [1.82, 2.24) is 9.21 Å². The molecule has 0 aliphatic carbocycles. The predicted molar refractivity (Wildman–Crippen MR) is 109 cm³/mol. The minimum atomic E-state index is -3.56. The molecule has 156 valence electrons. The van der Waals surface area contributed by atoms with Gasteiger partial charge in [0.05, 0.1) is 17.7 Å². The van der Waals surface area contributed by atoms with Crippen LogP contribution >= 0.6 is 0 Å². The number of anilines is 1. The van der Waals surface area contributed by atoms with Crippen molar-refractivity contribution < 1.29 is 17.9 Å². The van der Waals surface area contributed by atoms with Crippen molar-refractivity contribution >= 4 is 21.6 Å². The number of carbonyl (C=O) groups is 1. The number of sulfonamides is 1. The summed E-state index contributed by atoms with van der Waals surface area (Å²) in [5.74, 6) is 0.552. The lowest BCUT2D eigenvalue weighted by Gasteiger charge is -2.24. The predicted octanol–water partition coefficient (Wildman–Crippen LogP) is 2.68. The summed E-state index contributed by atoms with van der Waals surface area (Å²) >= 11 is 0. The smallest absolute Gasteiger partial charge is 0.244 e. The molecule has 1 atom stereocenters. The van der Waals surface area contributed by atoms with Gasteiger partial charge in [-0.3, -0.25) is 4.79 Å².